The van der Waals surface area contributed by atoms with Gasteiger partial charge in [0.2, 0.25) is 0 Å². The maximum absolute atomic E-state index is 2.34. The van der Waals surface area contributed by atoms with Gasteiger partial charge in [0.05, 0.1) is 0 Å². The zero-order chi connectivity index (χ0) is 12.1. The standard InChI is InChI=1S/C18H16/c1-12-4-2-7-16-14(12)10-11-17-15-6-3-5-13(15)8-9-18(16)17/h2,4,7-11H,3,5-6H2,1H3. The quantitative estimate of drug-likeness (QED) is 0.489. The average Bonchev–Trinajstić information content (AvgIpc) is 2.87. The van der Waals surface area contributed by atoms with E-state index in [4.69, 9.17) is 0 Å². The van der Waals surface area contributed by atoms with E-state index in [1.807, 2.05) is 0 Å². The van der Waals surface area contributed by atoms with Crippen molar-refractivity contribution in [1.29, 1.82) is 0 Å². The molecule has 3 aromatic carbocycles. The Morgan fingerprint density at radius 2 is 1.50 bits per heavy atom. The predicted molar refractivity (Wildman–Crippen MR) is 78.2 cm³/mol. The molecule has 0 nitrogen and oxygen atoms in total. The van der Waals surface area contributed by atoms with Crippen molar-refractivity contribution in [2.45, 2.75) is 26.2 Å². The van der Waals surface area contributed by atoms with Gasteiger partial charge < -0.3 is 0 Å². The Kier molecular flexibility index (Phi) is 2.02. The minimum Gasteiger partial charge on any atom is -0.0613 e. The highest BCUT2D eigenvalue weighted by atomic mass is 14.2. The topological polar surface area (TPSA) is 0 Å². The molecule has 0 bridgehead atoms. The van der Waals surface area contributed by atoms with Crippen molar-refractivity contribution in [3.05, 3.63) is 59.2 Å². The normalized spacial score (nSPS) is 14.3. The molecule has 0 fully saturated rings. The molecule has 88 valence electrons. The van der Waals surface area contributed by atoms with Gasteiger partial charge in [-0.05, 0) is 64.4 Å². The number of aryl methyl sites for hydroxylation is 3. The van der Waals surface area contributed by atoms with Crippen LogP contribution in [0.15, 0.2) is 42.5 Å². The second-order valence-corrected chi connectivity index (χ2v) is 5.39. The van der Waals surface area contributed by atoms with Gasteiger partial charge in [0, 0.05) is 0 Å². The zero-order valence-electron chi connectivity index (χ0n) is 10.7. The van der Waals surface area contributed by atoms with Gasteiger partial charge in [-0.3, -0.25) is 0 Å². The molecule has 18 heavy (non-hydrogen) atoms. The summed E-state index contributed by atoms with van der Waals surface area (Å²) in [4.78, 5) is 0. The van der Waals surface area contributed by atoms with Crippen LogP contribution in [0.2, 0.25) is 0 Å². The number of hydrogen-bond acceptors (Lipinski definition) is 0. The van der Waals surface area contributed by atoms with Gasteiger partial charge in [-0.2, -0.15) is 0 Å². The molecule has 0 saturated heterocycles. The van der Waals surface area contributed by atoms with E-state index < -0.39 is 0 Å². The molecular weight excluding hydrogens is 216 g/mol. The summed E-state index contributed by atoms with van der Waals surface area (Å²) >= 11 is 0. The molecule has 3 aromatic rings. The summed E-state index contributed by atoms with van der Waals surface area (Å²) in [6.07, 6.45) is 3.83. The second-order valence-electron chi connectivity index (χ2n) is 5.39. The summed E-state index contributed by atoms with van der Waals surface area (Å²) in [5.74, 6) is 0. The molecular formula is C18H16. The van der Waals surface area contributed by atoms with Gasteiger partial charge >= 0.3 is 0 Å². The summed E-state index contributed by atoms with van der Waals surface area (Å²) in [6.45, 7) is 2.20. The Morgan fingerprint density at radius 1 is 0.722 bits per heavy atom. The van der Waals surface area contributed by atoms with Crippen molar-refractivity contribution in [1.82, 2.24) is 0 Å². The smallest absolute Gasteiger partial charge is 0.0102 e. The van der Waals surface area contributed by atoms with Gasteiger partial charge in [0.1, 0.15) is 0 Å². The van der Waals surface area contributed by atoms with Gasteiger partial charge in [-0.25, -0.2) is 0 Å². The molecule has 0 aliphatic heterocycles. The van der Waals surface area contributed by atoms with Crippen LogP contribution in [-0.2, 0) is 12.8 Å². The van der Waals surface area contributed by atoms with Gasteiger partial charge in [0.25, 0.3) is 0 Å². The monoisotopic (exact) mass is 232 g/mol. The first kappa shape index (κ1) is 10.1. The van der Waals surface area contributed by atoms with E-state index in [9.17, 15) is 0 Å². The fraction of sp³-hybridized carbons (Fsp3) is 0.222. The number of fused-ring (bicyclic) bond motifs is 5. The van der Waals surface area contributed by atoms with Crippen molar-refractivity contribution < 1.29 is 0 Å². The first-order valence-electron chi connectivity index (χ1n) is 6.77. The average molecular weight is 232 g/mol. The Hall–Kier alpha value is -1.82. The highest BCUT2D eigenvalue weighted by Gasteiger charge is 2.14. The summed E-state index contributed by atoms with van der Waals surface area (Å²) in [6, 6.07) is 15.9. The van der Waals surface area contributed by atoms with E-state index in [0.717, 1.165) is 0 Å². The molecule has 1 aliphatic rings. The highest BCUT2D eigenvalue weighted by molar-refractivity contribution is 6.09. The third-order valence-electron chi connectivity index (χ3n) is 4.36. The van der Waals surface area contributed by atoms with Crippen LogP contribution in [0.25, 0.3) is 21.5 Å². The molecule has 0 amide bonds. The van der Waals surface area contributed by atoms with Crippen LogP contribution in [0.5, 0.6) is 0 Å². The van der Waals surface area contributed by atoms with Gasteiger partial charge in [-0.1, -0.05) is 42.5 Å². The van der Waals surface area contributed by atoms with Crippen LogP contribution < -0.4 is 0 Å². The third-order valence-corrected chi connectivity index (χ3v) is 4.36. The highest BCUT2D eigenvalue weighted by Crippen LogP contribution is 2.34. The summed E-state index contributed by atoms with van der Waals surface area (Å²) < 4.78 is 0. The first-order chi connectivity index (χ1) is 8.84. The first-order valence-corrected chi connectivity index (χ1v) is 6.77. The number of rotatable bonds is 0. The lowest BCUT2D eigenvalue weighted by molar-refractivity contribution is 0.913. The van der Waals surface area contributed by atoms with E-state index >= 15 is 0 Å². The molecule has 0 N–H and O–H groups in total. The van der Waals surface area contributed by atoms with E-state index in [1.54, 1.807) is 11.1 Å². The molecule has 0 spiro atoms. The van der Waals surface area contributed by atoms with Crippen molar-refractivity contribution in [2.75, 3.05) is 0 Å². The van der Waals surface area contributed by atoms with Gasteiger partial charge in [-0.15, -0.1) is 0 Å². The lowest BCUT2D eigenvalue weighted by Crippen LogP contribution is -1.87. The van der Waals surface area contributed by atoms with E-state index in [1.165, 1.54) is 46.4 Å². The van der Waals surface area contributed by atoms with Gasteiger partial charge in [0.15, 0.2) is 0 Å². The minimum atomic E-state index is 1.25. The molecule has 0 heteroatoms. The van der Waals surface area contributed by atoms with Crippen molar-refractivity contribution in [2.24, 2.45) is 0 Å². The molecule has 0 heterocycles. The lowest BCUT2D eigenvalue weighted by atomic mass is 9.95. The fourth-order valence-corrected chi connectivity index (χ4v) is 3.42. The Morgan fingerprint density at radius 3 is 2.44 bits per heavy atom. The summed E-state index contributed by atoms with van der Waals surface area (Å²) in [5.41, 5.74) is 4.53. The summed E-state index contributed by atoms with van der Waals surface area (Å²) in [7, 11) is 0. The Labute approximate surface area is 107 Å². The molecule has 0 aromatic heterocycles. The van der Waals surface area contributed by atoms with Crippen molar-refractivity contribution in [3.8, 4) is 0 Å². The van der Waals surface area contributed by atoms with Crippen molar-refractivity contribution >= 4 is 21.5 Å². The molecule has 4 rings (SSSR count). The zero-order valence-corrected chi connectivity index (χ0v) is 10.7. The van der Waals surface area contributed by atoms with Crippen molar-refractivity contribution in [3.63, 3.8) is 0 Å². The summed E-state index contributed by atoms with van der Waals surface area (Å²) in [5, 5.41) is 5.70. The Bertz CT molecular complexity index is 766. The maximum Gasteiger partial charge on any atom is -0.0102 e. The SMILES string of the molecule is Cc1cccc2c1ccc1c3c(ccc12)CCC3. The van der Waals surface area contributed by atoms with Crippen LogP contribution in [-0.4, -0.2) is 0 Å². The molecule has 1 aliphatic carbocycles. The number of benzene rings is 3. The second kappa shape index (κ2) is 3.58. The molecule has 0 saturated carbocycles. The van der Waals surface area contributed by atoms with Crippen LogP contribution in [0, 0.1) is 6.92 Å². The predicted octanol–water partition coefficient (Wildman–Crippen LogP) is 4.79. The van der Waals surface area contributed by atoms with E-state index in [-0.39, 0.29) is 0 Å². The molecule has 0 atom stereocenters. The van der Waals surface area contributed by atoms with Crippen LogP contribution in [0.1, 0.15) is 23.1 Å². The fourth-order valence-electron chi connectivity index (χ4n) is 3.42. The minimum absolute atomic E-state index is 1.25. The number of hydrogen-bond donors (Lipinski definition) is 0. The largest absolute Gasteiger partial charge is 0.0613 e. The third kappa shape index (κ3) is 1.26. The van der Waals surface area contributed by atoms with E-state index in [2.05, 4.69) is 49.4 Å². The molecule has 0 unspecified atom stereocenters. The maximum atomic E-state index is 2.34. The van der Waals surface area contributed by atoms with Crippen LogP contribution in [0.3, 0.4) is 0 Å². The van der Waals surface area contributed by atoms with Crippen LogP contribution >= 0.6 is 0 Å². The molecule has 0 radical (unpaired) electrons. The lowest BCUT2D eigenvalue weighted by Gasteiger charge is -2.10. The van der Waals surface area contributed by atoms with E-state index in [0.29, 0.717) is 0 Å². The Balaban J connectivity index is 2.21. The van der Waals surface area contributed by atoms with Crippen LogP contribution in [0.4, 0.5) is 0 Å².